The zero-order valence-corrected chi connectivity index (χ0v) is 15.1. The first-order valence-corrected chi connectivity index (χ1v) is 9.03. The smallest absolute Gasteiger partial charge is 0.270 e. The number of thiocarbonyl (C=S) groups is 1. The predicted molar refractivity (Wildman–Crippen MR) is 107 cm³/mol. The molecule has 1 aliphatic rings. The second-order valence-electron chi connectivity index (χ2n) is 6.43. The van der Waals surface area contributed by atoms with E-state index in [0.717, 1.165) is 29.4 Å². The van der Waals surface area contributed by atoms with Crippen molar-refractivity contribution in [2.24, 2.45) is 0 Å². The number of pyridine rings is 1. The van der Waals surface area contributed by atoms with Gasteiger partial charge in [-0.15, -0.1) is 0 Å². The van der Waals surface area contributed by atoms with Crippen LogP contribution in [-0.4, -0.2) is 16.0 Å². The number of benzene rings is 2. The third-order valence-electron chi connectivity index (χ3n) is 4.37. The Bertz CT molecular complexity index is 1020. The maximum absolute atomic E-state index is 12.9. The lowest BCUT2D eigenvalue weighted by atomic mass is 10.1. The summed E-state index contributed by atoms with van der Waals surface area (Å²) in [5.74, 6) is -0.183. The fourth-order valence-corrected chi connectivity index (χ4v) is 3.02. The monoisotopic (exact) mass is 380 g/mol. The number of hydrazine groups is 1. The normalized spacial score (nSPS) is 13.2. The Kier molecular flexibility index (Phi) is 4.68. The van der Waals surface area contributed by atoms with Gasteiger partial charge in [0, 0.05) is 22.7 Å². The number of carbonyl (C=O) groups is 1. The lowest BCUT2D eigenvalue weighted by Gasteiger charge is -2.13. The third kappa shape index (κ3) is 4.03. The molecule has 1 amide bonds. The number of rotatable bonds is 3. The Hall–Kier alpha value is -3.06. The number of halogens is 1. The fourth-order valence-electron chi connectivity index (χ4n) is 2.85. The number of hydrogen-bond acceptors (Lipinski definition) is 3. The third-order valence-corrected chi connectivity index (χ3v) is 4.57. The van der Waals surface area contributed by atoms with E-state index in [0.29, 0.717) is 17.2 Å². The van der Waals surface area contributed by atoms with Crippen molar-refractivity contribution in [3.05, 3.63) is 71.7 Å². The van der Waals surface area contributed by atoms with Gasteiger partial charge in [0.25, 0.3) is 5.91 Å². The Morgan fingerprint density at radius 2 is 1.81 bits per heavy atom. The molecule has 27 heavy (non-hydrogen) atoms. The molecule has 0 spiro atoms. The standard InChI is InChI=1S/C20H17FN4OS/c21-13-7-9-14(10-8-13)22-20(27)25-24-19(26)16-11-18(12-5-6-12)23-17-4-2-1-3-15(16)17/h1-4,7-12H,5-6H2,(H,24,26)(H2,22,25,27). The van der Waals surface area contributed by atoms with Crippen LogP contribution < -0.4 is 16.2 Å². The molecule has 1 aromatic heterocycles. The molecule has 4 rings (SSSR count). The largest absolute Gasteiger partial charge is 0.331 e. The molecule has 1 fully saturated rings. The maximum atomic E-state index is 12.9. The first-order chi connectivity index (χ1) is 13.1. The zero-order valence-electron chi connectivity index (χ0n) is 14.3. The summed E-state index contributed by atoms with van der Waals surface area (Å²) in [6, 6.07) is 15.2. The summed E-state index contributed by atoms with van der Waals surface area (Å²) in [4.78, 5) is 17.4. The predicted octanol–water partition coefficient (Wildman–Crippen LogP) is 3.88. The van der Waals surface area contributed by atoms with Crippen LogP contribution in [0.3, 0.4) is 0 Å². The summed E-state index contributed by atoms with van der Waals surface area (Å²) >= 11 is 5.17. The van der Waals surface area contributed by atoms with E-state index in [-0.39, 0.29) is 16.8 Å². The highest BCUT2D eigenvalue weighted by molar-refractivity contribution is 7.80. The number of amides is 1. The molecule has 0 unspecified atom stereocenters. The van der Waals surface area contributed by atoms with Crippen molar-refractivity contribution in [1.29, 1.82) is 0 Å². The number of fused-ring (bicyclic) bond motifs is 1. The molecule has 3 N–H and O–H groups in total. The van der Waals surface area contributed by atoms with Crippen LogP contribution in [0.4, 0.5) is 10.1 Å². The van der Waals surface area contributed by atoms with Gasteiger partial charge in [-0.1, -0.05) is 18.2 Å². The van der Waals surface area contributed by atoms with Crippen LogP contribution in [0.25, 0.3) is 10.9 Å². The molecule has 3 aromatic rings. The van der Waals surface area contributed by atoms with Crippen LogP contribution in [0.1, 0.15) is 34.8 Å². The van der Waals surface area contributed by atoms with E-state index in [4.69, 9.17) is 12.2 Å². The van der Waals surface area contributed by atoms with Gasteiger partial charge in [-0.25, -0.2) is 4.39 Å². The van der Waals surface area contributed by atoms with Gasteiger partial charge in [-0.3, -0.25) is 20.6 Å². The number of nitrogens with one attached hydrogen (secondary N) is 3. The van der Waals surface area contributed by atoms with Gasteiger partial charge in [0.05, 0.1) is 11.1 Å². The summed E-state index contributed by atoms with van der Waals surface area (Å²) in [5.41, 5.74) is 8.22. The molecule has 5 nitrogen and oxygen atoms in total. The number of carbonyl (C=O) groups excluding carboxylic acids is 1. The average Bonchev–Trinajstić information content (AvgIpc) is 3.52. The second kappa shape index (κ2) is 7.28. The van der Waals surface area contributed by atoms with Crippen LogP contribution in [0, 0.1) is 5.82 Å². The van der Waals surface area contributed by atoms with Gasteiger partial charge < -0.3 is 5.32 Å². The van der Waals surface area contributed by atoms with E-state index in [9.17, 15) is 9.18 Å². The number of anilines is 1. The first kappa shape index (κ1) is 17.4. The highest BCUT2D eigenvalue weighted by atomic mass is 32.1. The maximum Gasteiger partial charge on any atom is 0.270 e. The van der Waals surface area contributed by atoms with Crippen LogP contribution in [-0.2, 0) is 0 Å². The number of para-hydroxylation sites is 1. The molecular formula is C20H17FN4OS. The topological polar surface area (TPSA) is 66.1 Å². The number of aromatic nitrogens is 1. The van der Waals surface area contributed by atoms with E-state index < -0.39 is 0 Å². The molecule has 7 heteroatoms. The minimum atomic E-state index is -0.330. The van der Waals surface area contributed by atoms with Crippen molar-refractivity contribution in [3.63, 3.8) is 0 Å². The Labute approximate surface area is 161 Å². The molecule has 136 valence electrons. The van der Waals surface area contributed by atoms with Gasteiger partial charge in [-0.2, -0.15) is 0 Å². The molecule has 1 heterocycles. The lowest BCUT2D eigenvalue weighted by molar-refractivity contribution is 0.0945. The van der Waals surface area contributed by atoms with E-state index >= 15 is 0 Å². The van der Waals surface area contributed by atoms with Crippen molar-refractivity contribution >= 4 is 39.8 Å². The van der Waals surface area contributed by atoms with Gasteiger partial charge in [0.1, 0.15) is 5.82 Å². The minimum Gasteiger partial charge on any atom is -0.331 e. The number of nitrogens with zero attached hydrogens (tertiary/aromatic N) is 1. The zero-order chi connectivity index (χ0) is 18.8. The summed E-state index contributed by atoms with van der Waals surface area (Å²) < 4.78 is 12.9. The molecular weight excluding hydrogens is 363 g/mol. The highest BCUT2D eigenvalue weighted by Gasteiger charge is 2.26. The molecule has 1 saturated carbocycles. The molecule has 0 saturated heterocycles. The Morgan fingerprint density at radius 3 is 2.56 bits per heavy atom. The highest BCUT2D eigenvalue weighted by Crippen LogP contribution is 2.40. The van der Waals surface area contributed by atoms with Crippen molar-refractivity contribution in [2.75, 3.05) is 5.32 Å². The summed E-state index contributed by atoms with van der Waals surface area (Å²) in [6.45, 7) is 0. The number of hydrogen-bond donors (Lipinski definition) is 3. The fraction of sp³-hybridized carbons (Fsp3) is 0.150. The minimum absolute atomic E-state index is 0.204. The van der Waals surface area contributed by atoms with Gasteiger partial charge in [0.2, 0.25) is 0 Å². The first-order valence-electron chi connectivity index (χ1n) is 8.63. The molecule has 0 atom stereocenters. The second-order valence-corrected chi connectivity index (χ2v) is 6.83. The van der Waals surface area contributed by atoms with E-state index in [1.807, 2.05) is 30.3 Å². The van der Waals surface area contributed by atoms with E-state index in [2.05, 4.69) is 21.2 Å². The SMILES string of the molecule is O=C(NNC(=S)Nc1ccc(F)cc1)c1cc(C2CC2)nc2ccccc12. The van der Waals surface area contributed by atoms with Crippen LogP contribution in [0.15, 0.2) is 54.6 Å². The average molecular weight is 380 g/mol. The van der Waals surface area contributed by atoms with Gasteiger partial charge in [-0.05, 0) is 61.5 Å². The molecule has 0 aliphatic heterocycles. The Morgan fingerprint density at radius 1 is 1.07 bits per heavy atom. The van der Waals surface area contributed by atoms with Crippen molar-refractivity contribution in [1.82, 2.24) is 15.8 Å². The van der Waals surface area contributed by atoms with E-state index in [1.54, 1.807) is 12.1 Å². The van der Waals surface area contributed by atoms with Crippen molar-refractivity contribution in [3.8, 4) is 0 Å². The van der Waals surface area contributed by atoms with Crippen molar-refractivity contribution in [2.45, 2.75) is 18.8 Å². The molecule has 0 radical (unpaired) electrons. The summed E-state index contributed by atoms with van der Waals surface area (Å²) in [7, 11) is 0. The van der Waals surface area contributed by atoms with Crippen LogP contribution >= 0.6 is 12.2 Å². The summed E-state index contributed by atoms with van der Waals surface area (Å²) in [5, 5.41) is 3.87. The van der Waals surface area contributed by atoms with Gasteiger partial charge in [0.15, 0.2) is 5.11 Å². The van der Waals surface area contributed by atoms with Gasteiger partial charge >= 0.3 is 0 Å². The van der Waals surface area contributed by atoms with Crippen molar-refractivity contribution < 1.29 is 9.18 Å². The molecule has 2 aromatic carbocycles. The van der Waals surface area contributed by atoms with E-state index in [1.165, 1.54) is 12.1 Å². The lowest BCUT2D eigenvalue weighted by Crippen LogP contribution is -2.43. The summed E-state index contributed by atoms with van der Waals surface area (Å²) in [6.07, 6.45) is 2.21. The Balaban J connectivity index is 1.47. The van der Waals surface area contributed by atoms with Crippen LogP contribution in [0.2, 0.25) is 0 Å². The molecule has 1 aliphatic carbocycles. The molecule has 0 bridgehead atoms. The van der Waals surface area contributed by atoms with Crippen LogP contribution in [0.5, 0.6) is 0 Å². The quantitative estimate of drug-likeness (QED) is 0.475.